The third-order valence-corrected chi connectivity index (χ3v) is 6.21. The maximum atomic E-state index is 13.1. The number of carbonyl (C=O) groups is 1. The van der Waals surface area contributed by atoms with Gasteiger partial charge in [-0.1, -0.05) is 40.9 Å². The van der Waals surface area contributed by atoms with Gasteiger partial charge in [0.2, 0.25) is 5.91 Å². The number of amides is 1. The van der Waals surface area contributed by atoms with Crippen molar-refractivity contribution >= 4 is 62.5 Å². The summed E-state index contributed by atoms with van der Waals surface area (Å²) in [5.74, 6) is -0.577. The Balaban J connectivity index is 1.78. The lowest BCUT2D eigenvalue weighted by molar-refractivity contribution is -0.142. The number of alkyl halides is 3. The smallest absolute Gasteiger partial charge is 0.306 e. The minimum atomic E-state index is -4.66. The van der Waals surface area contributed by atoms with E-state index in [0.29, 0.717) is 10.0 Å². The van der Waals surface area contributed by atoms with E-state index in [2.05, 4.69) is 31.4 Å². The van der Waals surface area contributed by atoms with Crippen molar-refractivity contribution in [2.75, 3.05) is 5.32 Å². The quantitative estimate of drug-likeness (QED) is 0.395. The van der Waals surface area contributed by atoms with Crippen molar-refractivity contribution in [3.63, 3.8) is 0 Å². The van der Waals surface area contributed by atoms with Crippen LogP contribution in [0.4, 0.5) is 19.0 Å². The molecule has 31 heavy (non-hydrogen) atoms. The van der Waals surface area contributed by atoms with E-state index in [-0.39, 0.29) is 27.6 Å². The summed E-state index contributed by atoms with van der Waals surface area (Å²) < 4.78 is 41.5. The van der Waals surface area contributed by atoms with Crippen LogP contribution in [-0.4, -0.2) is 25.5 Å². The van der Waals surface area contributed by atoms with Crippen LogP contribution < -0.4 is 5.32 Å². The number of hydrogen-bond donors (Lipinski definition) is 1. The fourth-order valence-electron chi connectivity index (χ4n) is 2.78. The van der Waals surface area contributed by atoms with Crippen LogP contribution in [0.25, 0.3) is 0 Å². The van der Waals surface area contributed by atoms with Crippen molar-refractivity contribution < 1.29 is 18.0 Å². The van der Waals surface area contributed by atoms with E-state index in [9.17, 15) is 18.0 Å². The normalized spacial score (nSPS) is 12.8. The van der Waals surface area contributed by atoms with Crippen LogP contribution in [0.5, 0.6) is 0 Å². The summed E-state index contributed by atoms with van der Waals surface area (Å²) in [6.07, 6.45) is -3.17. The number of anilines is 1. The Morgan fingerprint density at radius 2 is 1.90 bits per heavy atom. The zero-order valence-electron chi connectivity index (χ0n) is 15.9. The molecule has 0 saturated heterocycles. The molecule has 1 N–H and O–H groups in total. The van der Waals surface area contributed by atoms with Crippen LogP contribution in [0.3, 0.4) is 0 Å². The molecule has 0 aliphatic carbocycles. The van der Waals surface area contributed by atoms with Crippen molar-refractivity contribution in [2.45, 2.75) is 32.6 Å². The first-order valence-corrected chi connectivity index (χ1v) is 10.6. The van der Waals surface area contributed by atoms with Crippen molar-refractivity contribution in [2.24, 2.45) is 0 Å². The fourth-order valence-corrected chi connectivity index (χ4v) is 3.93. The summed E-state index contributed by atoms with van der Waals surface area (Å²) in [6, 6.07) is 3.95. The molecule has 0 fully saturated rings. The van der Waals surface area contributed by atoms with E-state index < -0.39 is 23.8 Å². The summed E-state index contributed by atoms with van der Waals surface area (Å²) in [5.41, 5.74) is -0.219. The predicted octanol–water partition coefficient (Wildman–Crippen LogP) is 6.38. The lowest BCUT2D eigenvalue weighted by Gasteiger charge is -2.13. The van der Waals surface area contributed by atoms with Gasteiger partial charge in [-0.3, -0.25) is 14.2 Å². The van der Waals surface area contributed by atoms with E-state index in [1.165, 1.54) is 24.7 Å². The first kappa shape index (κ1) is 23.9. The monoisotopic (exact) mass is 557 g/mol. The number of nitrogens with one attached hydrogen (secondary N) is 1. The van der Waals surface area contributed by atoms with Gasteiger partial charge in [0.1, 0.15) is 11.1 Å². The molecule has 3 rings (SSSR count). The number of rotatable bonds is 5. The van der Waals surface area contributed by atoms with Gasteiger partial charge in [0, 0.05) is 16.2 Å². The van der Waals surface area contributed by atoms with Gasteiger partial charge in [-0.15, -0.1) is 0 Å². The molecule has 0 aliphatic heterocycles. The Hall–Kier alpha value is -1.75. The van der Waals surface area contributed by atoms with Gasteiger partial charge in [0.15, 0.2) is 11.5 Å². The van der Waals surface area contributed by atoms with E-state index in [1.807, 2.05) is 0 Å². The largest absolute Gasteiger partial charge is 0.436 e. The zero-order chi connectivity index (χ0) is 23.1. The standard InChI is InChI=1S/C18H14BrCl3F3N5O/c1-8-14(19)15(18(23,24)25)27-30(8)9(2)17(31)26-16-13(22)7-29(28-16)6-10-3-4-11(20)5-12(10)21/h3-5,7,9H,6H2,1-2H3,(H,26,28,31). The van der Waals surface area contributed by atoms with Gasteiger partial charge in [-0.05, 0) is 47.5 Å². The van der Waals surface area contributed by atoms with Gasteiger partial charge in [0.25, 0.3) is 0 Å². The van der Waals surface area contributed by atoms with Crippen molar-refractivity contribution in [3.8, 4) is 0 Å². The molecule has 2 aromatic heterocycles. The highest BCUT2D eigenvalue weighted by Crippen LogP contribution is 2.36. The molecule has 0 spiro atoms. The molecule has 13 heteroatoms. The lowest BCUT2D eigenvalue weighted by Crippen LogP contribution is -2.26. The van der Waals surface area contributed by atoms with E-state index >= 15 is 0 Å². The third kappa shape index (κ3) is 5.19. The molecule has 0 aliphatic rings. The van der Waals surface area contributed by atoms with Crippen molar-refractivity contribution in [3.05, 3.63) is 60.9 Å². The van der Waals surface area contributed by atoms with Crippen molar-refractivity contribution in [1.82, 2.24) is 19.6 Å². The molecule has 1 amide bonds. The van der Waals surface area contributed by atoms with Crippen LogP contribution in [-0.2, 0) is 17.5 Å². The second-order valence-corrected chi connectivity index (χ2v) is 8.66. The maximum Gasteiger partial charge on any atom is 0.436 e. The molecular weight excluding hydrogens is 545 g/mol. The van der Waals surface area contributed by atoms with Crippen LogP contribution >= 0.6 is 50.7 Å². The Kier molecular flexibility index (Phi) is 6.95. The van der Waals surface area contributed by atoms with Crippen LogP contribution in [0.2, 0.25) is 15.1 Å². The molecule has 2 heterocycles. The number of aromatic nitrogens is 4. The molecule has 1 unspecified atom stereocenters. The highest BCUT2D eigenvalue weighted by molar-refractivity contribution is 9.10. The molecule has 0 bridgehead atoms. The predicted molar refractivity (Wildman–Crippen MR) is 116 cm³/mol. The first-order chi connectivity index (χ1) is 14.4. The minimum absolute atomic E-state index is 0.0588. The molecular formula is C18H14BrCl3F3N5O. The minimum Gasteiger partial charge on any atom is -0.306 e. The van der Waals surface area contributed by atoms with E-state index in [4.69, 9.17) is 34.8 Å². The third-order valence-electron chi connectivity index (χ3n) is 4.40. The molecule has 3 aromatic rings. The summed E-state index contributed by atoms with van der Waals surface area (Å²) in [7, 11) is 0. The average molecular weight is 560 g/mol. The molecule has 0 radical (unpaired) electrons. The Bertz CT molecular complexity index is 1150. The summed E-state index contributed by atoms with van der Waals surface area (Å²) >= 11 is 21.1. The first-order valence-electron chi connectivity index (χ1n) is 8.68. The molecule has 0 saturated carbocycles. The fraction of sp³-hybridized carbons (Fsp3) is 0.278. The summed E-state index contributed by atoms with van der Waals surface area (Å²) in [6.45, 7) is 3.11. The molecule has 6 nitrogen and oxygen atoms in total. The summed E-state index contributed by atoms with van der Waals surface area (Å²) in [4.78, 5) is 12.6. The van der Waals surface area contributed by atoms with Gasteiger partial charge < -0.3 is 5.32 Å². The number of nitrogens with zero attached hydrogens (tertiary/aromatic N) is 4. The van der Waals surface area contributed by atoms with Crippen LogP contribution in [0.1, 0.15) is 29.9 Å². The maximum absolute atomic E-state index is 13.1. The van der Waals surface area contributed by atoms with Crippen LogP contribution in [0, 0.1) is 6.92 Å². The molecule has 166 valence electrons. The van der Waals surface area contributed by atoms with Crippen LogP contribution in [0.15, 0.2) is 28.9 Å². The summed E-state index contributed by atoms with van der Waals surface area (Å²) in [5, 5.41) is 11.4. The molecule has 1 aromatic carbocycles. The lowest BCUT2D eigenvalue weighted by atomic mass is 10.2. The highest BCUT2D eigenvalue weighted by Gasteiger charge is 2.39. The highest BCUT2D eigenvalue weighted by atomic mass is 79.9. The zero-order valence-corrected chi connectivity index (χ0v) is 19.8. The van der Waals surface area contributed by atoms with E-state index in [0.717, 1.165) is 10.2 Å². The average Bonchev–Trinajstić information content (AvgIpc) is 3.16. The van der Waals surface area contributed by atoms with Gasteiger partial charge in [-0.2, -0.15) is 23.4 Å². The topological polar surface area (TPSA) is 64.7 Å². The number of hydrogen-bond acceptors (Lipinski definition) is 3. The Morgan fingerprint density at radius 3 is 2.48 bits per heavy atom. The van der Waals surface area contributed by atoms with Gasteiger partial charge in [-0.25, -0.2) is 0 Å². The Morgan fingerprint density at radius 1 is 1.23 bits per heavy atom. The Labute approximate surface area is 198 Å². The van der Waals surface area contributed by atoms with Gasteiger partial charge >= 0.3 is 6.18 Å². The second kappa shape index (κ2) is 9.01. The van der Waals surface area contributed by atoms with Gasteiger partial charge in [0.05, 0.1) is 16.7 Å². The van der Waals surface area contributed by atoms with E-state index in [1.54, 1.807) is 18.2 Å². The second-order valence-electron chi connectivity index (χ2n) is 6.61. The number of benzene rings is 1. The number of carbonyl (C=O) groups excluding carboxylic acids is 1. The molecule has 1 atom stereocenters. The SMILES string of the molecule is Cc1c(Br)c(C(F)(F)F)nn1C(C)C(=O)Nc1nn(Cc2ccc(Cl)cc2Cl)cc1Cl. The number of halogens is 7. The van der Waals surface area contributed by atoms with Crippen molar-refractivity contribution in [1.29, 1.82) is 0 Å².